The van der Waals surface area contributed by atoms with E-state index in [1.807, 2.05) is 44.2 Å². The molecule has 3 amide bonds. The average molecular weight is 394 g/mol. The normalized spacial score (nSPS) is 22.2. The summed E-state index contributed by atoms with van der Waals surface area (Å²) in [6.07, 6.45) is 1.60. The maximum atomic E-state index is 12.9. The van der Waals surface area contributed by atoms with Crippen LogP contribution in [-0.4, -0.2) is 69.1 Å². The highest BCUT2D eigenvalue weighted by atomic mass is 16.3. The van der Waals surface area contributed by atoms with Crippen molar-refractivity contribution in [2.75, 3.05) is 19.7 Å². The van der Waals surface area contributed by atoms with Crippen molar-refractivity contribution < 1.29 is 14.7 Å². The van der Waals surface area contributed by atoms with Crippen LogP contribution in [-0.2, 0) is 0 Å². The number of hydrogen-bond acceptors (Lipinski definition) is 4. The Labute approximate surface area is 170 Å². The van der Waals surface area contributed by atoms with Crippen LogP contribution in [0.1, 0.15) is 35.8 Å². The smallest absolute Gasteiger partial charge is 0.318 e. The van der Waals surface area contributed by atoms with Crippen LogP contribution in [0, 0.1) is 0 Å². The first-order chi connectivity index (χ1) is 14.0. The Hall–Kier alpha value is -2.93. The Bertz CT molecular complexity index is 881. The molecule has 2 aliphatic heterocycles. The molecule has 7 nitrogen and oxygen atoms in total. The second-order valence-electron chi connectivity index (χ2n) is 8.09. The number of pyridine rings is 1. The number of carbonyl (C=O) groups is 2. The number of aliphatic hydroxyl groups is 1. The van der Waals surface area contributed by atoms with E-state index in [-0.39, 0.29) is 36.5 Å². The van der Waals surface area contributed by atoms with Crippen molar-refractivity contribution in [3.05, 3.63) is 66.0 Å². The standard InChI is InChI=1S/C22H26N4O3/c1-15(2)24-21(29)26-18(12-27)19(16-8-4-3-5-9-16)22(26)13-25(14-22)20(28)17-10-6-7-11-23-17/h3-11,15,18-19,27H,12-14H2,1-2H3,(H,24,29)/t18-,19+/m1/s1. The lowest BCUT2D eigenvalue weighted by molar-refractivity contribution is -0.149. The summed E-state index contributed by atoms with van der Waals surface area (Å²) >= 11 is 0. The third kappa shape index (κ3) is 3.15. The molecule has 2 aromatic rings. The third-order valence-electron chi connectivity index (χ3n) is 5.85. The number of aromatic nitrogens is 1. The van der Waals surface area contributed by atoms with Crippen LogP contribution >= 0.6 is 0 Å². The molecule has 4 rings (SSSR count). The zero-order chi connectivity index (χ0) is 20.6. The third-order valence-corrected chi connectivity index (χ3v) is 5.85. The van der Waals surface area contributed by atoms with E-state index < -0.39 is 5.54 Å². The van der Waals surface area contributed by atoms with Gasteiger partial charge in [-0.2, -0.15) is 0 Å². The van der Waals surface area contributed by atoms with E-state index in [4.69, 9.17) is 0 Å². The minimum atomic E-state index is -0.516. The number of amides is 3. The van der Waals surface area contributed by atoms with Gasteiger partial charge in [-0.15, -0.1) is 0 Å². The summed E-state index contributed by atoms with van der Waals surface area (Å²) in [5, 5.41) is 13.0. The molecule has 0 unspecified atom stereocenters. The van der Waals surface area contributed by atoms with Crippen LogP contribution in [0.25, 0.3) is 0 Å². The molecule has 2 atom stereocenters. The maximum Gasteiger partial charge on any atom is 0.318 e. The highest BCUT2D eigenvalue weighted by molar-refractivity contribution is 5.93. The summed E-state index contributed by atoms with van der Waals surface area (Å²) in [6.45, 7) is 4.53. The molecule has 29 heavy (non-hydrogen) atoms. The van der Waals surface area contributed by atoms with Gasteiger partial charge in [0.1, 0.15) is 5.69 Å². The van der Waals surface area contributed by atoms with E-state index >= 15 is 0 Å². The maximum absolute atomic E-state index is 12.9. The molecule has 1 spiro atoms. The molecular weight excluding hydrogens is 368 g/mol. The van der Waals surface area contributed by atoms with Gasteiger partial charge in [-0.25, -0.2) is 4.79 Å². The number of aliphatic hydroxyl groups excluding tert-OH is 1. The number of nitrogens with zero attached hydrogens (tertiary/aromatic N) is 3. The molecule has 0 saturated carbocycles. The number of urea groups is 1. The fourth-order valence-electron chi connectivity index (χ4n) is 4.71. The van der Waals surface area contributed by atoms with Crippen molar-refractivity contribution >= 4 is 11.9 Å². The van der Waals surface area contributed by atoms with Crippen molar-refractivity contribution in [3.63, 3.8) is 0 Å². The van der Waals surface area contributed by atoms with Gasteiger partial charge in [0.2, 0.25) is 0 Å². The van der Waals surface area contributed by atoms with E-state index in [1.54, 1.807) is 34.2 Å². The van der Waals surface area contributed by atoms with Gasteiger partial charge in [-0.1, -0.05) is 36.4 Å². The summed E-state index contributed by atoms with van der Waals surface area (Å²) in [4.78, 5) is 33.3. The molecule has 3 heterocycles. The van der Waals surface area contributed by atoms with Gasteiger partial charge >= 0.3 is 6.03 Å². The molecule has 0 radical (unpaired) electrons. The van der Waals surface area contributed by atoms with Crippen LogP contribution in [0.5, 0.6) is 0 Å². The summed E-state index contributed by atoms with van der Waals surface area (Å²) in [5.74, 6) is -0.168. The minimum absolute atomic E-state index is 0.0130. The molecule has 0 aliphatic carbocycles. The number of benzene rings is 1. The SMILES string of the molecule is CC(C)NC(=O)N1[C@H](CO)[C@H](c2ccccc2)C12CN(C(=O)c1ccccn1)C2. The van der Waals surface area contributed by atoms with Gasteiger partial charge < -0.3 is 20.2 Å². The summed E-state index contributed by atoms with van der Waals surface area (Å²) < 4.78 is 0. The number of likely N-dealkylation sites (tertiary alicyclic amines) is 2. The number of carbonyl (C=O) groups excluding carboxylic acids is 2. The lowest BCUT2D eigenvalue weighted by Crippen LogP contribution is -2.86. The van der Waals surface area contributed by atoms with E-state index in [0.29, 0.717) is 18.8 Å². The van der Waals surface area contributed by atoms with Crippen molar-refractivity contribution in [2.45, 2.75) is 37.4 Å². The van der Waals surface area contributed by atoms with Crippen molar-refractivity contribution in [2.24, 2.45) is 0 Å². The highest BCUT2D eigenvalue weighted by Crippen LogP contribution is 2.54. The Morgan fingerprint density at radius 2 is 1.86 bits per heavy atom. The van der Waals surface area contributed by atoms with Crippen LogP contribution in [0.2, 0.25) is 0 Å². The number of nitrogens with one attached hydrogen (secondary N) is 1. The quantitative estimate of drug-likeness (QED) is 0.829. The van der Waals surface area contributed by atoms with E-state index in [9.17, 15) is 14.7 Å². The van der Waals surface area contributed by atoms with Crippen molar-refractivity contribution in [1.29, 1.82) is 0 Å². The van der Waals surface area contributed by atoms with Gasteiger partial charge in [0.15, 0.2) is 0 Å². The summed E-state index contributed by atoms with van der Waals surface area (Å²) in [5.41, 5.74) is 0.956. The monoisotopic (exact) mass is 394 g/mol. The Balaban J connectivity index is 1.62. The molecule has 2 N–H and O–H groups in total. The van der Waals surface area contributed by atoms with Gasteiger partial charge in [0.05, 0.1) is 18.2 Å². The van der Waals surface area contributed by atoms with Gasteiger partial charge in [0, 0.05) is 31.2 Å². The zero-order valence-corrected chi connectivity index (χ0v) is 16.7. The Morgan fingerprint density at radius 3 is 2.45 bits per heavy atom. The molecule has 0 bridgehead atoms. The molecule has 7 heteroatoms. The number of hydrogen-bond donors (Lipinski definition) is 2. The fourth-order valence-corrected chi connectivity index (χ4v) is 4.71. The predicted molar refractivity (Wildman–Crippen MR) is 108 cm³/mol. The van der Waals surface area contributed by atoms with E-state index in [2.05, 4.69) is 10.3 Å². The first kappa shape index (κ1) is 19.4. The highest BCUT2D eigenvalue weighted by Gasteiger charge is 2.68. The van der Waals surface area contributed by atoms with Crippen molar-refractivity contribution in [3.8, 4) is 0 Å². The molecule has 152 valence electrons. The molecule has 1 aromatic heterocycles. The molecule has 2 saturated heterocycles. The lowest BCUT2D eigenvalue weighted by atomic mass is 9.61. The topological polar surface area (TPSA) is 85.8 Å². The largest absolute Gasteiger partial charge is 0.394 e. The Kier molecular flexibility index (Phi) is 5.00. The molecule has 2 fully saturated rings. The second-order valence-corrected chi connectivity index (χ2v) is 8.09. The fraction of sp³-hybridized carbons (Fsp3) is 0.409. The molecular formula is C22H26N4O3. The van der Waals surface area contributed by atoms with E-state index in [0.717, 1.165) is 5.56 Å². The first-order valence-electron chi connectivity index (χ1n) is 9.94. The van der Waals surface area contributed by atoms with Gasteiger partial charge in [0.25, 0.3) is 5.91 Å². The summed E-state index contributed by atoms with van der Waals surface area (Å²) in [7, 11) is 0. The van der Waals surface area contributed by atoms with E-state index in [1.165, 1.54) is 0 Å². The van der Waals surface area contributed by atoms with Crippen molar-refractivity contribution in [1.82, 2.24) is 20.1 Å². The van der Waals surface area contributed by atoms with Gasteiger partial charge in [-0.05, 0) is 31.5 Å². The van der Waals surface area contributed by atoms with Crippen LogP contribution in [0.15, 0.2) is 54.7 Å². The Morgan fingerprint density at radius 1 is 1.17 bits per heavy atom. The minimum Gasteiger partial charge on any atom is -0.394 e. The molecule has 1 aromatic carbocycles. The van der Waals surface area contributed by atoms with Crippen LogP contribution in [0.3, 0.4) is 0 Å². The number of rotatable bonds is 4. The summed E-state index contributed by atoms with van der Waals surface area (Å²) in [6, 6.07) is 14.7. The molecule has 2 aliphatic rings. The first-order valence-corrected chi connectivity index (χ1v) is 9.94. The average Bonchev–Trinajstić information content (AvgIpc) is 2.67. The lowest BCUT2D eigenvalue weighted by Gasteiger charge is -2.70. The van der Waals surface area contributed by atoms with Gasteiger partial charge in [-0.3, -0.25) is 9.78 Å². The van der Waals surface area contributed by atoms with Crippen LogP contribution in [0.4, 0.5) is 4.79 Å². The second kappa shape index (κ2) is 7.48. The predicted octanol–water partition coefficient (Wildman–Crippen LogP) is 1.85. The van der Waals surface area contributed by atoms with Crippen LogP contribution < -0.4 is 5.32 Å². The zero-order valence-electron chi connectivity index (χ0n) is 16.7.